The Bertz CT molecular complexity index is 124. The van der Waals surface area contributed by atoms with Crippen LogP contribution in [0.1, 0.15) is 32.1 Å². The van der Waals surface area contributed by atoms with Crippen molar-refractivity contribution in [3.8, 4) is 0 Å². The minimum atomic E-state index is -0.483. The zero-order chi connectivity index (χ0) is 9.52. The summed E-state index contributed by atoms with van der Waals surface area (Å²) in [6.07, 6.45) is 6.16. The highest BCUT2D eigenvalue weighted by Gasteiger charge is 2.13. The van der Waals surface area contributed by atoms with Gasteiger partial charge in [0.15, 0.2) is 0 Å². The van der Waals surface area contributed by atoms with Gasteiger partial charge in [0.25, 0.3) is 0 Å². The van der Waals surface area contributed by atoms with Crippen LogP contribution in [0, 0.1) is 5.92 Å². The summed E-state index contributed by atoms with van der Waals surface area (Å²) in [6.45, 7) is 1.49. The van der Waals surface area contributed by atoms with Gasteiger partial charge < -0.3 is 15.6 Å². The number of rotatable bonds is 5. The van der Waals surface area contributed by atoms with Crippen LogP contribution in [0.5, 0.6) is 0 Å². The third-order valence-electron chi connectivity index (χ3n) is 2.66. The Labute approximate surface area is 80.3 Å². The van der Waals surface area contributed by atoms with E-state index in [1.54, 1.807) is 0 Å². The van der Waals surface area contributed by atoms with Crippen LogP contribution in [-0.4, -0.2) is 31.0 Å². The van der Waals surface area contributed by atoms with Crippen LogP contribution in [0.3, 0.4) is 0 Å². The molecule has 0 amide bonds. The summed E-state index contributed by atoms with van der Waals surface area (Å²) >= 11 is 0. The molecular formula is C10H21NO2. The van der Waals surface area contributed by atoms with Crippen molar-refractivity contribution in [2.45, 2.75) is 38.2 Å². The first-order chi connectivity index (χ1) is 6.33. The molecule has 0 spiro atoms. The molecule has 3 nitrogen and oxygen atoms in total. The van der Waals surface area contributed by atoms with E-state index in [0.29, 0.717) is 13.2 Å². The first-order valence-corrected chi connectivity index (χ1v) is 5.29. The maximum atomic E-state index is 9.14. The molecule has 0 aromatic rings. The van der Waals surface area contributed by atoms with Gasteiger partial charge in [-0.15, -0.1) is 0 Å². The highest BCUT2D eigenvalue weighted by Crippen LogP contribution is 2.23. The Kier molecular flexibility index (Phi) is 5.35. The van der Waals surface area contributed by atoms with Crippen LogP contribution in [0.4, 0.5) is 0 Å². The Morgan fingerprint density at radius 3 is 2.62 bits per heavy atom. The van der Waals surface area contributed by atoms with Gasteiger partial charge in [-0.05, 0) is 18.8 Å². The summed E-state index contributed by atoms with van der Waals surface area (Å²) < 4.78 is 5.40. The normalized spacial score (nSPS) is 21.7. The zero-order valence-electron chi connectivity index (χ0n) is 8.24. The maximum absolute atomic E-state index is 9.14. The molecule has 78 valence electrons. The molecule has 13 heavy (non-hydrogen) atoms. The number of aliphatic hydroxyl groups is 1. The molecule has 3 heteroatoms. The van der Waals surface area contributed by atoms with Gasteiger partial charge in [-0.25, -0.2) is 0 Å². The second-order valence-corrected chi connectivity index (χ2v) is 3.93. The number of hydrogen-bond acceptors (Lipinski definition) is 3. The predicted octanol–water partition coefficient (Wildman–Crippen LogP) is 0.903. The van der Waals surface area contributed by atoms with Gasteiger partial charge in [0.2, 0.25) is 0 Å². The van der Waals surface area contributed by atoms with Gasteiger partial charge in [0, 0.05) is 13.2 Å². The SMILES string of the molecule is NCC(O)COCC1CCCCC1. The molecule has 0 radical (unpaired) electrons. The van der Waals surface area contributed by atoms with Crippen LogP contribution in [0.15, 0.2) is 0 Å². The molecule has 1 aliphatic rings. The van der Waals surface area contributed by atoms with E-state index in [4.69, 9.17) is 15.6 Å². The molecule has 1 atom stereocenters. The molecule has 1 saturated carbocycles. The summed E-state index contributed by atoms with van der Waals surface area (Å²) in [6, 6.07) is 0. The Balaban J connectivity index is 1.98. The van der Waals surface area contributed by atoms with Crippen LogP contribution < -0.4 is 5.73 Å². The average Bonchev–Trinajstić information content (AvgIpc) is 2.19. The quantitative estimate of drug-likeness (QED) is 0.672. The molecule has 0 aliphatic heterocycles. The fourth-order valence-corrected chi connectivity index (χ4v) is 1.79. The second kappa shape index (κ2) is 6.35. The van der Waals surface area contributed by atoms with E-state index in [9.17, 15) is 0 Å². The summed E-state index contributed by atoms with van der Waals surface area (Å²) in [5.41, 5.74) is 5.26. The molecule has 0 saturated heterocycles. The van der Waals surface area contributed by atoms with Crippen molar-refractivity contribution in [1.82, 2.24) is 0 Å². The highest BCUT2D eigenvalue weighted by molar-refractivity contribution is 4.65. The molecule has 0 aromatic heterocycles. The van der Waals surface area contributed by atoms with Crippen LogP contribution in [0.2, 0.25) is 0 Å². The van der Waals surface area contributed by atoms with E-state index in [2.05, 4.69) is 0 Å². The Hall–Kier alpha value is -0.120. The fourth-order valence-electron chi connectivity index (χ4n) is 1.79. The van der Waals surface area contributed by atoms with E-state index >= 15 is 0 Å². The average molecular weight is 187 g/mol. The first kappa shape index (κ1) is 11.0. The van der Waals surface area contributed by atoms with Gasteiger partial charge in [0.05, 0.1) is 12.7 Å². The van der Waals surface area contributed by atoms with Gasteiger partial charge in [-0.2, -0.15) is 0 Å². The van der Waals surface area contributed by atoms with Gasteiger partial charge in [0.1, 0.15) is 0 Å². The first-order valence-electron chi connectivity index (χ1n) is 5.29. The lowest BCUT2D eigenvalue weighted by Gasteiger charge is -2.21. The minimum absolute atomic E-state index is 0.296. The summed E-state index contributed by atoms with van der Waals surface area (Å²) in [4.78, 5) is 0. The van der Waals surface area contributed by atoms with Crippen LogP contribution in [-0.2, 0) is 4.74 Å². The topological polar surface area (TPSA) is 55.5 Å². The molecule has 1 rings (SSSR count). The van der Waals surface area contributed by atoms with Crippen molar-refractivity contribution >= 4 is 0 Å². The summed E-state index contributed by atoms with van der Waals surface area (Å²) in [5.74, 6) is 0.721. The lowest BCUT2D eigenvalue weighted by molar-refractivity contribution is 0.0192. The lowest BCUT2D eigenvalue weighted by atomic mass is 9.90. The van der Waals surface area contributed by atoms with Crippen LogP contribution in [0.25, 0.3) is 0 Å². The zero-order valence-corrected chi connectivity index (χ0v) is 8.24. The molecule has 3 N–H and O–H groups in total. The molecule has 0 heterocycles. The summed E-state index contributed by atoms with van der Waals surface area (Å²) in [5, 5.41) is 9.14. The number of aliphatic hydroxyl groups excluding tert-OH is 1. The molecule has 1 fully saturated rings. The van der Waals surface area contributed by atoms with Crippen LogP contribution >= 0.6 is 0 Å². The third-order valence-corrected chi connectivity index (χ3v) is 2.66. The van der Waals surface area contributed by atoms with Crippen molar-refractivity contribution in [2.75, 3.05) is 19.8 Å². The molecule has 1 unspecified atom stereocenters. The molecule has 0 aromatic carbocycles. The highest BCUT2D eigenvalue weighted by atomic mass is 16.5. The van der Waals surface area contributed by atoms with Crippen molar-refractivity contribution in [2.24, 2.45) is 11.7 Å². The smallest absolute Gasteiger partial charge is 0.0895 e. The Morgan fingerprint density at radius 2 is 2.00 bits per heavy atom. The van der Waals surface area contributed by atoms with E-state index in [-0.39, 0.29) is 0 Å². The molecule has 0 bridgehead atoms. The van der Waals surface area contributed by atoms with E-state index in [1.807, 2.05) is 0 Å². The standard InChI is InChI=1S/C10H21NO2/c11-6-10(12)8-13-7-9-4-2-1-3-5-9/h9-10,12H,1-8,11H2. The maximum Gasteiger partial charge on any atom is 0.0895 e. The van der Waals surface area contributed by atoms with Crippen molar-refractivity contribution in [3.63, 3.8) is 0 Å². The predicted molar refractivity (Wildman–Crippen MR) is 52.5 cm³/mol. The van der Waals surface area contributed by atoms with Gasteiger partial charge in [-0.3, -0.25) is 0 Å². The van der Waals surface area contributed by atoms with E-state index in [0.717, 1.165) is 12.5 Å². The van der Waals surface area contributed by atoms with E-state index in [1.165, 1.54) is 32.1 Å². The molecular weight excluding hydrogens is 166 g/mol. The minimum Gasteiger partial charge on any atom is -0.389 e. The summed E-state index contributed by atoms with van der Waals surface area (Å²) in [7, 11) is 0. The van der Waals surface area contributed by atoms with Crippen molar-refractivity contribution in [1.29, 1.82) is 0 Å². The number of ether oxygens (including phenoxy) is 1. The number of hydrogen-bond donors (Lipinski definition) is 2. The number of nitrogens with two attached hydrogens (primary N) is 1. The molecule has 1 aliphatic carbocycles. The van der Waals surface area contributed by atoms with Gasteiger partial charge in [-0.1, -0.05) is 19.3 Å². The third kappa shape index (κ3) is 4.60. The monoisotopic (exact) mass is 187 g/mol. The fraction of sp³-hybridized carbons (Fsp3) is 1.00. The second-order valence-electron chi connectivity index (χ2n) is 3.93. The van der Waals surface area contributed by atoms with Gasteiger partial charge >= 0.3 is 0 Å². The largest absolute Gasteiger partial charge is 0.389 e. The van der Waals surface area contributed by atoms with E-state index < -0.39 is 6.10 Å². The lowest BCUT2D eigenvalue weighted by Crippen LogP contribution is -2.26. The van der Waals surface area contributed by atoms with Crippen molar-refractivity contribution in [3.05, 3.63) is 0 Å². The van der Waals surface area contributed by atoms with Crippen molar-refractivity contribution < 1.29 is 9.84 Å². The Morgan fingerprint density at radius 1 is 1.31 bits per heavy atom.